The van der Waals surface area contributed by atoms with Crippen molar-refractivity contribution in [3.05, 3.63) is 112 Å². The van der Waals surface area contributed by atoms with Crippen LogP contribution in [0.1, 0.15) is 48.9 Å². The molecular weight excluding hydrogens is 629 g/mol. The molecule has 1 unspecified atom stereocenters. The molecule has 0 aromatic heterocycles. The number of urea groups is 2. The van der Waals surface area contributed by atoms with Gasteiger partial charge in [0.15, 0.2) is 11.6 Å². The van der Waals surface area contributed by atoms with Gasteiger partial charge in [-0.1, -0.05) is 30.3 Å². The van der Waals surface area contributed by atoms with E-state index in [0.29, 0.717) is 13.0 Å². The lowest BCUT2D eigenvalue weighted by molar-refractivity contribution is -0.136. The van der Waals surface area contributed by atoms with Crippen LogP contribution in [0.3, 0.4) is 0 Å². The van der Waals surface area contributed by atoms with Gasteiger partial charge in [0.05, 0.1) is 12.7 Å². The molecule has 12 heteroatoms. The fraction of sp³-hybridized carbons (Fsp3) is 0.343. The van der Waals surface area contributed by atoms with Crippen molar-refractivity contribution in [2.75, 3.05) is 39.5 Å². The molecule has 4 amide bonds. The number of benzene rings is 3. The normalized spacial score (nSPS) is 18.1. The van der Waals surface area contributed by atoms with Gasteiger partial charge in [-0.15, -0.1) is 11.8 Å². The van der Waals surface area contributed by atoms with E-state index in [9.17, 15) is 27.6 Å². The van der Waals surface area contributed by atoms with Crippen molar-refractivity contribution >= 4 is 29.8 Å². The van der Waals surface area contributed by atoms with E-state index in [4.69, 9.17) is 4.74 Å². The van der Waals surface area contributed by atoms with E-state index in [-0.39, 0.29) is 34.6 Å². The molecule has 3 aromatic carbocycles. The molecule has 0 aliphatic carbocycles. The summed E-state index contributed by atoms with van der Waals surface area (Å²) in [6.45, 7) is 3.94. The van der Waals surface area contributed by atoms with Crippen molar-refractivity contribution < 1.29 is 32.3 Å². The molecule has 2 aliphatic rings. The van der Waals surface area contributed by atoms with Crippen molar-refractivity contribution in [3.63, 3.8) is 0 Å². The van der Waals surface area contributed by atoms with Crippen LogP contribution in [0.4, 0.5) is 22.8 Å². The largest absolute Gasteiger partial charge is 0.466 e. The first-order chi connectivity index (χ1) is 22.6. The quantitative estimate of drug-likeness (QED) is 0.154. The number of nitrogens with one attached hydrogen (secondary N) is 2. The number of thioether (sulfide) groups is 1. The monoisotopic (exact) mass is 666 g/mol. The predicted molar refractivity (Wildman–Crippen MR) is 173 cm³/mol. The van der Waals surface area contributed by atoms with E-state index in [1.807, 2.05) is 18.4 Å². The number of halogens is 3. The van der Waals surface area contributed by atoms with Gasteiger partial charge in [-0.25, -0.2) is 32.5 Å². The highest BCUT2D eigenvalue weighted by molar-refractivity contribution is 7.98. The number of imide groups is 1. The molecule has 2 heterocycles. The van der Waals surface area contributed by atoms with E-state index in [1.165, 1.54) is 35.6 Å². The third-order valence-corrected chi connectivity index (χ3v) is 9.75. The average molecular weight is 667 g/mol. The maximum absolute atomic E-state index is 14.2. The Hall–Kier alpha value is -4.29. The lowest BCUT2D eigenvalue weighted by atomic mass is 9.68. The summed E-state index contributed by atoms with van der Waals surface area (Å²) in [4.78, 5) is 43.4. The Morgan fingerprint density at radius 3 is 2.21 bits per heavy atom. The van der Waals surface area contributed by atoms with Crippen molar-refractivity contribution in [2.24, 2.45) is 0 Å². The number of amides is 4. The molecule has 1 fully saturated rings. The zero-order valence-electron chi connectivity index (χ0n) is 26.4. The first-order valence-corrected chi connectivity index (χ1v) is 16.6. The Labute approximate surface area is 276 Å². The Balaban J connectivity index is 1.24. The maximum atomic E-state index is 14.2. The first-order valence-electron chi connectivity index (χ1n) is 15.3. The van der Waals surface area contributed by atoms with Crippen molar-refractivity contribution in [2.45, 2.75) is 42.5 Å². The van der Waals surface area contributed by atoms with Crippen LogP contribution in [-0.2, 0) is 14.9 Å². The van der Waals surface area contributed by atoms with Crippen LogP contribution in [0.5, 0.6) is 0 Å². The van der Waals surface area contributed by atoms with Gasteiger partial charge >= 0.3 is 18.0 Å². The second-order valence-corrected chi connectivity index (χ2v) is 12.5. The zero-order chi connectivity index (χ0) is 33.7. The summed E-state index contributed by atoms with van der Waals surface area (Å²) in [5.41, 5.74) is 2.12. The SMILES string of the molecule is COC(=O)C1=C(C)NC(=O)N(C(=O)NCCCN2CCC(c3ccc(F)cc3)(c3ccc(SC)cc3)CC2)C1c1ccc(F)c(F)c1. The highest BCUT2D eigenvalue weighted by atomic mass is 32.2. The Kier molecular flexibility index (Phi) is 10.6. The van der Waals surface area contributed by atoms with Crippen LogP contribution in [0.25, 0.3) is 0 Å². The zero-order valence-corrected chi connectivity index (χ0v) is 27.3. The van der Waals surface area contributed by atoms with Crippen LogP contribution in [0.2, 0.25) is 0 Å². The standard InChI is InChI=1S/C35H37F3N4O4S/c1-22-30(32(43)46-2)31(23-5-14-28(37)29(38)21-23)42(34(45)40-22)33(44)39-17-4-18-41-19-15-35(16-20-41,24-6-10-26(36)11-7-24)25-8-12-27(47-3)13-9-25/h5-14,21,31H,4,15-20H2,1-3H3,(H,39,44)(H,40,45). The second-order valence-electron chi connectivity index (χ2n) is 11.7. The van der Waals surface area contributed by atoms with Gasteiger partial charge in [0.1, 0.15) is 11.9 Å². The summed E-state index contributed by atoms with van der Waals surface area (Å²) in [5.74, 6) is -3.38. The summed E-state index contributed by atoms with van der Waals surface area (Å²) in [7, 11) is 1.15. The van der Waals surface area contributed by atoms with Crippen LogP contribution in [0, 0.1) is 17.5 Å². The smallest absolute Gasteiger partial charge is 0.337 e. The number of hydrogen-bond acceptors (Lipinski definition) is 6. The molecule has 3 aromatic rings. The molecule has 248 valence electrons. The van der Waals surface area contributed by atoms with Gasteiger partial charge in [-0.2, -0.15) is 0 Å². The Morgan fingerprint density at radius 1 is 0.979 bits per heavy atom. The van der Waals surface area contributed by atoms with E-state index in [2.05, 4.69) is 39.8 Å². The van der Waals surface area contributed by atoms with E-state index in [0.717, 1.165) is 55.6 Å². The maximum Gasteiger partial charge on any atom is 0.337 e. The minimum Gasteiger partial charge on any atom is -0.466 e. The lowest BCUT2D eigenvalue weighted by Gasteiger charge is -2.43. The first kappa shape index (κ1) is 34.1. The average Bonchev–Trinajstić information content (AvgIpc) is 3.08. The molecule has 0 spiro atoms. The molecule has 8 nitrogen and oxygen atoms in total. The van der Waals surface area contributed by atoms with Gasteiger partial charge in [-0.05, 0) is 105 Å². The van der Waals surface area contributed by atoms with Gasteiger partial charge in [-0.3, -0.25) is 0 Å². The van der Waals surface area contributed by atoms with E-state index < -0.39 is 35.7 Å². The van der Waals surface area contributed by atoms with Gasteiger partial charge in [0, 0.05) is 22.6 Å². The third kappa shape index (κ3) is 7.18. The molecule has 0 saturated carbocycles. The van der Waals surface area contributed by atoms with E-state index >= 15 is 0 Å². The van der Waals surface area contributed by atoms with Crippen LogP contribution < -0.4 is 10.6 Å². The molecule has 2 aliphatic heterocycles. The number of piperidine rings is 1. The number of ether oxygens (including phenoxy) is 1. The van der Waals surface area contributed by atoms with Crippen LogP contribution in [0.15, 0.2) is 82.9 Å². The molecule has 47 heavy (non-hydrogen) atoms. The third-order valence-electron chi connectivity index (χ3n) is 9.01. The number of carbonyl (C=O) groups is 3. The second kappa shape index (κ2) is 14.6. The number of allylic oxidation sites excluding steroid dienone is 1. The highest BCUT2D eigenvalue weighted by Crippen LogP contribution is 2.42. The van der Waals surface area contributed by atoms with E-state index in [1.54, 1.807) is 11.8 Å². The molecule has 1 atom stereocenters. The number of methoxy groups -OCH3 is 1. The number of rotatable bonds is 9. The number of hydrogen-bond donors (Lipinski definition) is 2. The van der Waals surface area contributed by atoms with Crippen LogP contribution >= 0.6 is 11.8 Å². The predicted octanol–water partition coefficient (Wildman–Crippen LogP) is 6.52. The van der Waals surface area contributed by atoms with Gasteiger partial charge in [0.2, 0.25) is 0 Å². The molecule has 0 radical (unpaired) electrons. The van der Waals surface area contributed by atoms with Crippen LogP contribution in [-0.4, -0.2) is 67.4 Å². The molecule has 1 saturated heterocycles. The summed E-state index contributed by atoms with van der Waals surface area (Å²) >= 11 is 1.68. The summed E-state index contributed by atoms with van der Waals surface area (Å²) in [6.07, 6.45) is 4.27. The van der Waals surface area contributed by atoms with Crippen molar-refractivity contribution in [1.29, 1.82) is 0 Å². The minimum atomic E-state index is -1.34. The van der Waals surface area contributed by atoms with Gasteiger partial charge in [0.25, 0.3) is 0 Å². The summed E-state index contributed by atoms with van der Waals surface area (Å²) in [5, 5.41) is 5.24. The Morgan fingerprint density at radius 2 is 1.62 bits per heavy atom. The molecule has 2 N–H and O–H groups in total. The van der Waals surface area contributed by atoms with Crippen molar-refractivity contribution in [3.8, 4) is 0 Å². The molecule has 0 bridgehead atoms. The fourth-order valence-corrected chi connectivity index (χ4v) is 6.89. The minimum absolute atomic E-state index is 0.0368. The van der Waals surface area contributed by atoms with Gasteiger partial charge < -0.3 is 20.3 Å². The van der Waals surface area contributed by atoms with Crippen molar-refractivity contribution in [1.82, 2.24) is 20.4 Å². The fourth-order valence-electron chi connectivity index (χ4n) is 6.49. The molecule has 5 rings (SSSR count). The lowest BCUT2D eigenvalue weighted by Crippen LogP contribution is -2.54. The molecular formula is C35H37F3N4O4S. The number of esters is 1. The topological polar surface area (TPSA) is 91.0 Å². The number of likely N-dealkylation sites (tertiary alicyclic amines) is 1. The number of carbonyl (C=O) groups excluding carboxylic acids is 3. The highest BCUT2D eigenvalue weighted by Gasteiger charge is 2.42. The summed E-state index contributed by atoms with van der Waals surface area (Å²) in [6, 6.07) is 15.3. The Bertz CT molecular complexity index is 1660. The number of nitrogens with zero attached hydrogens (tertiary/aromatic N) is 2. The summed E-state index contributed by atoms with van der Waals surface area (Å²) < 4.78 is 46.7.